The van der Waals surface area contributed by atoms with E-state index in [1.807, 2.05) is 24.0 Å². The number of hydrogen-bond donors (Lipinski definition) is 3. The van der Waals surface area contributed by atoms with E-state index in [9.17, 15) is 41.1 Å². The van der Waals surface area contributed by atoms with Crippen LogP contribution in [-0.2, 0) is 29.1 Å². The lowest BCUT2D eigenvalue weighted by atomic mass is 9.85. The molecule has 3 N–H and O–H groups in total. The van der Waals surface area contributed by atoms with Gasteiger partial charge in [-0.05, 0) is 93.9 Å². The third-order valence-electron chi connectivity index (χ3n) is 13.0. The molecule has 1 aromatic carbocycles. The summed E-state index contributed by atoms with van der Waals surface area (Å²) in [5.41, 5.74) is -4.76. The summed E-state index contributed by atoms with van der Waals surface area (Å²) in [7, 11) is -2.51. The van der Waals surface area contributed by atoms with Gasteiger partial charge >= 0.3 is 12.3 Å². The maximum absolute atomic E-state index is 15.2. The average Bonchev–Trinajstić information content (AvgIpc) is 4.14. The van der Waals surface area contributed by atoms with Gasteiger partial charge in [-0.1, -0.05) is 26.0 Å². The number of morpholine rings is 1. The Bertz CT molecular complexity index is 2220. The number of sulfonamides is 1. The molecule has 5 aliphatic rings. The first-order valence-corrected chi connectivity index (χ1v) is 22.6. The number of rotatable bonds is 9. The van der Waals surface area contributed by atoms with E-state index in [0.717, 1.165) is 4.90 Å². The minimum Gasteiger partial charge on any atom is -0.497 e. The zero-order valence-corrected chi connectivity index (χ0v) is 36.3. The number of allylic oxidation sites excluding steroid dienone is 1. The second-order valence-corrected chi connectivity index (χ2v) is 19.8. The third-order valence-corrected chi connectivity index (χ3v) is 14.8. The van der Waals surface area contributed by atoms with Crippen molar-refractivity contribution in [3.63, 3.8) is 0 Å². The van der Waals surface area contributed by atoms with Gasteiger partial charge in [0.05, 0.1) is 32.1 Å². The van der Waals surface area contributed by atoms with E-state index in [4.69, 9.17) is 19.2 Å². The minimum absolute atomic E-state index is 0.0529. The average molecular weight is 893 g/mol. The van der Waals surface area contributed by atoms with Crippen molar-refractivity contribution < 1.29 is 60.1 Å². The van der Waals surface area contributed by atoms with Crippen LogP contribution in [0.4, 0.5) is 23.8 Å². The number of halogens is 3. The highest BCUT2D eigenvalue weighted by Gasteiger charge is 2.63. The van der Waals surface area contributed by atoms with Gasteiger partial charge in [0.1, 0.15) is 40.8 Å². The van der Waals surface area contributed by atoms with Crippen molar-refractivity contribution in [1.29, 1.82) is 0 Å². The van der Waals surface area contributed by atoms with Crippen molar-refractivity contribution in [2.75, 3.05) is 44.9 Å². The van der Waals surface area contributed by atoms with Crippen LogP contribution in [0.3, 0.4) is 0 Å². The number of anilines is 1. The Labute approximate surface area is 358 Å². The Morgan fingerprint density at radius 3 is 2.44 bits per heavy atom. The van der Waals surface area contributed by atoms with E-state index < -0.39 is 86.4 Å². The zero-order valence-electron chi connectivity index (χ0n) is 35.4. The molecule has 7 atom stereocenters. The Morgan fingerprint density at radius 2 is 1.79 bits per heavy atom. The van der Waals surface area contributed by atoms with Crippen LogP contribution >= 0.6 is 0 Å². The van der Waals surface area contributed by atoms with Crippen LogP contribution in [0.5, 0.6) is 11.6 Å². The SMILES string of the molecule is COc1ccc2c(O[C@@H]3C[C@H]4C(=O)N[C@]5(C(=O)NS(=O)(=O)C6CC6)C[C@H]5C=CCC[C@@H](C)C[C@@H](C)[C@H](N(C(=O)O)C(C)(C)C(F)(F)F)C(=O)N4C3)nc(N3CCOCC3)cc2c1. The topological polar surface area (TPSA) is 197 Å². The monoisotopic (exact) mass is 892 g/mol. The van der Waals surface area contributed by atoms with Crippen LogP contribution in [0, 0.1) is 17.8 Å². The quantitative estimate of drug-likeness (QED) is 0.296. The molecule has 340 valence electrons. The van der Waals surface area contributed by atoms with E-state index >= 15 is 4.79 Å². The van der Waals surface area contributed by atoms with Crippen LogP contribution in [-0.4, -0.2) is 133 Å². The number of benzene rings is 1. The van der Waals surface area contributed by atoms with Crippen molar-refractivity contribution >= 4 is 50.4 Å². The van der Waals surface area contributed by atoms with Crippen LogP contribution in [0.15, 0.2) is 36.4 Å². The predicted molar refractivity (Wildman–Crippen MR) is 220 cm³/mol. The summed E-state index contributed by atoms with van der Waals surface area (Å²) >= 11 is 0. The summed E-state index contributed by atoms with van der Waals surface area (Å²) in [5.74, 6) is -3.36. The molecule has 4 amide bonds. The number of carboxylic acid groups (broad SMARTS) is 1. The number of carbonyl (C=O) groups is 4. The molecule has 4 fully saturated rings. The number of ether oxygens (including phenoxy) is 3. The van der Waals surface area contributed by atoms with E-state index in [1.54, 1.807) is 24.3 Å². The molecule has 0 unspecified atom stereocenters. The molecule has 2 aromatic rings. The van der Waals surface area contributed by atoms with Gasteiger partial charge in [0, 0.05) is 30.8 Å². The molecular formula is C42H55F3N6O10S. The highest BCUT2D eigenvalue weighted by atomic mass is 32.2. The number of alkyl halides is 3. The fourth-order valence-corrected chi connectivity index (χ4v) is 10.4. The largest absolute Gasteiger partial charge is 0.497 e. The molecule has 2 saturated carbocycles. The Balaban J connectivity index is 1.30. The van der Waals surface area contributed by atoms with Crippen molar-refractivity contribution in [2.45, 2.75) is 113 Å². The summed E-state index contributed by atoms with van der Waals surface area (Å²) in [5, 5.41) is 13.8. The molecule has 20 heteroatoms. The molecule has 0 radical (unpaired) electrons. The fraction of sp³-hybridized carbons (Fsp3) is 0.643. The van der Waals surface area contributed by atoms with Gasteiger partial charge in [0.2, 0.25) is 27.7 Å². The molecule has 2 saturated heterocycles. The first-order valence-electron chi connectivity index (χ1n) is 21.1. The zero-order chi connectivity index (χ0) is 44.9. The molecule has 62 heavy (non-hydrogen) atoms. The van der Waals surface area contributed by atoms with Crippen LogP contribution in [0.1, 0.15) is 72.6 Å². The maximum atomic E-state index is 15.2. The summed E-state index contributed by atoms with van der Waals surface area (Å²) in [6, 6.07) is 3.73. The number of amides is 4. The summed E-state index contributed by atoms with van der Waals surface area (Å²) < 4.78 is 90.1. The van der Waals surface area contributed by atoms with E-state index in [1.165, 1.54) is 14.0 Å². The lowest BCUT2D eigenvalue weighted by Crippen LogP contribution is -2.66. The smallest absolute Gasteiger partial charge is 0.411 e. The van der Waals surface area contributed by atoms with Gasteiger partial charge in [0.25, 0.3) is 5.91 Å². The lowest BCUT2D eigenvalue weighted by Gasteiger charge is -2.45. The van der Waals surface area contributed by atoms with Gasteiger partial charge in [0.15, 0.2) is 0 Å². The maximum Gasteiger partial charge on any atom is 0.411 e. The first-order chi connectivity index (χ1) is 29.2. The summed E-state index contributed by atoms with van der Waals surface area (Å²) in [6.07, 6.45) is -2.81. The highest BCUT2D eigenvalue weighted by molar-refractivity contribution is 7.91. The molecular weight excluding hydrogens is 838 g/mol. The lowest BCUT2D eigenvalue weighted by molar-refractivity contribution is -0.222. The van der Waals surface area contributed by atoms with E-state index in [0.29, 0.717) is 88.2 Å². The number of carbonyl (C=O) groups excluding carboxylic acids is 3. The highest BCUT2D eigenvalue weighted by Crippen LogP contribution is 2.47. The Hall–Kier alpha value is -4.85. The number of aromatic nitrogens is 1. The van der Waals surface area contributed by atoms with Crippen molar-refractivity contribution in [2.24, 2.45) is 17.8 Å². The summed E-state index contributed by atoms with van der Waals surface area (Å²) in [6.45, 7) is 6.42. The van der Waals surface area contributed by atoms with Crippen molar-refractivity contribution in [1.82, 2.24) is 24.8 Å². The first kappa shape index (κ1) is 45.2. The van der Waals surface area contributed by atoms with Gasteiger partial charge in [-0.3, -0.25) is 24.0 Å². The molecule has 2 aliphatic carbocycles. The van der Waals surface area contributed by atoms with Crippen LogP contribution < -0.4 is 24.4 Å². The normalized spacial score (nSPS) is 28.8. The molecule has 3 aliphatic heterocycles. The third kappa shape index (κ3) is 8.99. The minimum atomic E-state index is -5.10. The number of pyridine rings is 1. The van der Waals surface area contributed by atoms with Gasteiger partial charge in [-0.2, -0.15) is 18.2 Å². The van der Waals surface area contributed by atoms with Crippen molar-refractivity contribution in [3.05, 3.63) is 36.4 Å². The fourth-order valence-electron chi connectivity index (χ4n) is 9.00. The molecule has 4 heterocycles. The molecule has 0 spiro atoms. The molecule has 1 aromatic heterocycles. The molecule has 7 rings (SSSR count). The predicted octanol–water partition coefficient (Wildman–Crippen LogP) is 4.61. The molecule has 0 bridgehead atoms. The van der Waals surface area contributed by atoms with Gasteiger partial charge < -0.3 is 34.4 Å². The Morgan fingerprint density at radius 1 is 1.08 bits per heavy atom. The molecule has 16 nitrogen and oxygen atoms in total. The number of nitrogens with one attached hydrogen (secondary N) is 2. The van der Waals surface area contributed by atoms with Crippen molar-refractivity contribution in [3.8, 4) is 11.6 Å². The number of hydrogen-bond acceptors (Lipinski definition) is 11. The van der Waals surface area contributed by atoms with E-state index in [2.05, 4.69) is 10.0 Å². The van der Waals surface area contributed by atoms with Gasteiger partial charge in [-0.25, -0.2) is 13.2 Å². The summed E-state index contributed by atoms with van der Waals surface area (Å²) in [4.78, 5) is 64.9. The second kappa shape index (κ2) is 17.0. The number of methoxy groups -OCH3 is 1. The second-order valence-electron chi connectivity index (χ2n) is 17.9. The standard InChI is InChI=1S/C42H55F3N6O10S/c1-24-8-6-7-9-27-22-41(27,38(54)48-62(57,58)30-11-12-30)47-35(52)32-21-29(23-50(32)37(53)34(25(2)18-24)51(39(55)56)40(3,4)42(43,44)45)61-36-31-13-10-28(59-5)19-26(31)20-33(46-36)49-14-16-60-17-15-49/h7,9-10,13,19-20,24-25,27,29-30,32,34H,6,8,11-12,14-18,21-23H2,1-5H3,(H,47,52)(H,48,54)(H,55,56)/t24-,25-,27-,29-,32+,34+,41-/m1/s1. The Kier molecular flexibility index (Phi) is 12.4. The number of fused-ring (bicyclic) bond motifs is 3. The van der Waals surface area contributed by atoms with Gasteiger partial charge in [-0.15, -0.1) is 0 Å². The van der Waals surface area contributed by atoms with Crippen LogP contribution in [0.2, 0.25) is 0 Å². The number of nitrogens with zero attached hydrogens (tertiary/aromatic N) is 4. The van der Waals surface area contributed by atoms with Crippen LogP contribution in [0.25, 0.3) is 10.8 Å². The van der Waals surface area contributed by atoms with E-state index in [-0.39, 0.29) is 42.5 Å².